The van der Waals surface area contributed by atoms with Crippen LogP contribution in [0.3, 0.4) is 0 Å². The molecule has 0 spiro atoms. The number of unbranched alkanes of at least 4 members (excludes halogenated alkanes) is 3. The van der Waals surface area contributed by atoms with Crippen LogP contribution < -0.4 is 0 Å². The molecule has 3 heteroatoms. The minimum atomic E-state index is 0. The van der Waals surface area contributed by atoms with E-state index < -0.39 is 0 Å². The molecule has 0 radical (unpaired) electrons. The second-order valence-electron chi connectivity index (χ2n) is 6.04. The van der Waals surface area contributed by atoms with Crippen molar-refractivity contribution in [2.45, 2.75) is 46.0 Å². The first-order valence-corrected chi connectivity index (χ1v) is 9.23. The van der Waals surface area contributed by atoms with Crippen LogP contribution in [0.4, 0.5) is 11.4 Å². The first-order valence-electron chi connectivity index (χ1n) is 9.23. The summed E-state index contributed by atoms with van der Waals surface area (Å²) in [5.74, 6) is 0. The van der Waals surface area contributed by atoms with Gasteiger partial charge in [0.25, 0.3) is 0 Å². The molecule has 0 aliphatic rings. The molecule has 0 amide bonds. The van der Waals surface area contributed by atoms with E-state index in [-0.39, 0.29) is 16.5 Å². The minimum Gasteiger partial charge on any atom is -0.251 e. The number of hydrogen-bond donors (Lipinski definition) is 0. The van der Waals surface area contributed by atoms with Crippen molar-refractivity contribution in [1.82, 2.24) is 0 Å². The molecule has 2 aromatic rings. The van der Waals surface area contributed by atoms with Crippen LogP contribution in [0.25, 0.3) is 0 Å². The molecule has 0 fully saturated rings. The van der Waals surface area contributed by atoms with Crippen LogP contribution in [0.1, 0.15) is 46.0 Å². The number of nitrogens with zero attached hydrogens (tertiary/aromatic N) is 2. The molecule has 0 saturated heterocycles. The van der Waals surface area contributed by atoms with Crippen LogP contribution in [0.2, 0.25) is 0 Å². The molecule has 26 heavy (non-hydrogen) atoms. The van der Waals surface area contributed by atoms with E-state index in [1.807, 2.05) is 73.7 Å². The number of rotatable bonds is 9. The van der Waals surface area contributed by atoms with Crippen LogP contribution in [-0.2, 0) is 16.5 Å². The zero-order valence-corrected chi connectivity index (χ0v) is 16.7. The van der Waals surface area contributed by atoms with Crippen molar-refractivity contribution >= 4 is 22.8 Å². The van der Waals surface area contributed by atoms with Gasteiger partial charge in [0, 0.05) is 16.5 Å². The first-order chi connectivity index (χ1) is 12.3. The van der Waals surface area contributed by atoms with Crippen molar-refractivity contribution in [3.63, 3.8) is 0 Å². The van der Waals surface area contributed by atoms with E-state index in [0.717, 1.165) is 35.6 Å². The van der Waals surface area contributed by atoms with Gasteiger partial charge in [-0.15, -0.1) is 0 Å². The summed E-state index contributed by atoms with van der Waals surface area (Å²) in [5, 5.41) is 0. The standard InChI is InChI=1S/C23H28N2.Ni/c1-3-5-6-13-19-23(25-21-17-11-8-12-18-21)22(14-4-2)24-20-15-9-7-10-16-20;/h4,7-12,14-18H,3,5-6,13,19H2,1-2H3;/b14-4-,24-22+,25-23+;. The number of para-hydroxylation sites is 2. The topological polar surface area (TPSA) is 24.7 Å². The van der Waals surface area contributed by atoms with Crippen molar-refractivity contribution in [3.8, 4) is 0 Å². The fourth-order valence-corrected chi connectivity index (χ4v) is 2.62. The SMILES string of the molecule is C\C=C/C(=N\c1ccccc1)C(/CCCCCC)=N/c1ccccc1.[Ni]. The Hall–Kier alpha value is -1.99. The average Bonchev–Trinajstić information content (AvgIpc) is 2.66. The van der Waals surface area contributed by atoms with Gasteiger partial charge in [-0.3, -0.25) is 4.99 Å². The van der Waals surface area contributed by atoms with Gasteiger partial charge < -0.3 is 0 Å². The predicted octanol–water partition coefficient (Wildman–Crippen LogP) is 7.08. The van der Waals surface area contributed by atoms with Crippen molar-refractivity contribution in [1.29, 1.82) is 0 Å². The zero-order valence-electron chi connectivity index (χ0n) is 15.7. The minimum absolute atomic E-state index is 0. The maximum absolute atomic E-state index is 4.91. The molecule has 0 saturated carbocycles. The first kappa shape index (κ1) is 22.1. The molecule has 0 N–H and O–H groups in total. The quantitative estimate of drug-likeness (QED) is 0.248. The van der Waals surface area contributed by atoms with Gasteiger partial charge in [-0.05, 0) is 50.1 Å². The molecular weight excluding hydrogens is 363 g/mol. The van der Waals surface area contributed by atoms with Gasteiger partial charge in [-0.1, -0.05) is 68.7 Å². The molecule has 2 rings (SSSR count). The van der Waals surface area contributed by atoms with E-state index >= 15 is 0 Å². The predicted molar refractivity (Wildman–Crippen MR) is 111 cm³/mol. The average molecular weight is 391 g/mol. The summed E-state index contributed by atoms with van der Waals surface area (Å²) in [5.41, 5.74) is 3.96. The Morgan fingerprint density at radius 3 is 1.92 bits per heavy atom. The summed E-state index contributed by atoms with van der Waals surface area (Å²) in [6.07, 6.45) is 9.94. The van der Waals surface area contributed by atoms with Crippen molar-refractivity contribution in [3.05, 3.63) is 72.8 Å². The van der Waals surface area contributed by atoms with E-state index in [9.17, 15) is 0 Å². The Kier molecular flexibility index (Phi) is 11.2. The molecule has 140 valence electrons. The molecule has 0 aliphatic carbocycles. The van der Waals surface area contributed by atoms with Gasteiger partial charge in [0.2, 0.25) is 0 Å². The van der Waals surface area contributed by atoms with E-state index in [1.54, 1.807) is 0 Å². The Bertz CT molecular complexity index is 704. The Balaban J connectivity index is 0.00000338. The Morgan fingerprint density at radius 2 is 1.38 bits per heavy atom. The van der Waals surface area contributed by atoms with Crippen molar-refractivity contribution in [2.75, 3.05) is 0 Å². The fourth-order valence-electron chi connectivity index (χ4n) is 2.62. The Labute approximate surface area is 168 Å². The van der Waals surface area contributed by atoms with Crippen LogP contribution >= 0.6 is 0 Å². The maximum Gasteiger partial charge on any atom is 0.0848 e. The molecule has 2 aromatic carbocycles. The Morgan fingerprint density at radius 1 is 0.808 bits per heavy atom. The summed E-state index contributed by atoms with van der Waals surface area (Å²) in [7, 11) is 0. The van der Waals surface area contributed by atoms with Crippen molar-refractivity contribution < 1.29 is 16.5 Å². The molecule has 0 unspecified atom stereocenters. The van der Waals surface area contributed by atoms with E-state index in [4.69, 9.17) is 9.98 Å². The number of hydrogen-bond acceptors (Lipinski definition) is 2. The van der Waals surface area contributed by atoms with E-state index in [2.05, 4.69) is 13.0 Å². The van der Waals surface area contributed by atoms with Gasteiger partial charge in [0.1, 0.15) is 0 Å². The number of benzene rings is 2. The molecule has 2 nitrogen and oxygen atoms in total. The van der Waals surface area contributed by atoms with Gasteiger partial charge in [-0.2, -0.15) is 0 Å². The number of aliphatic imine (C=N–C) groups is 2. The molecule has 0 aromatic heterocycles. The smallest absolute Gasteiger partial charge is 0.0848 e. The van der Waals surface area contributed by atoms with E-state index in [0.29, 0.717) is 0 Å². The second-order valence-corrected chi connectivity index (χ2v) is 6.04. The molecule has 0 atom stereocenters. The maximum atomic E-state index is 4.91. The van der Waals surface area contributed by atoms with Gasteiger partial charge in [0.15, 0.2) is 0 Å². The van der Waals surface area contributed by atoms with Crippen molar-refractivity contribution in [2.24, 2.45) is 9.98 Å². The molecule has 0 bridgehead atoms. The van der Waals surface area contributed by atoms with Crippen LogP contribution in [0.5, 0.6) is 0 Å². The summed E-state index contributed by atoms with van der Waals surface area (Å²) in [6, 6.07) is 20.3. The summed E-state index contributed by atoms with van der Waals surface area (Å²) in [4.78, 5) is 9.75. The van der Waals surface area contributed by atoms with Gasteiger partial charge >= 0.3 is 0 Å². The van der Waals surface area contributed by atoms with Gasteiger partial charge in [-0.25, -0.2) is 4.99 Å². The summed E-state index contributed by atoms with van der Waals surface area (Å²) < 4.78 is 0. The third-order valence-electron chi connectivity index (χ3n) is 3.91. The molecule has 0 heterocycles. The molecular formula is C23H28N2Ni. The van der Waals surface area contributed by atoms with E-state index in [1.165, 1.54) is 19.3 Å². The van der Waals surface area contributed by atoms with Crippen LogP contribution in [-0.4, -0.2) is 11.4 Å². The monoisotopic (exact) mass is 390 g/mol. The third kappa shape index (κ3) is 7.93. The van der Waals surface area contributed by atoms with Crippen LogP contribution in [0, 0.1) is 0 Å². The fraction of sp³-hybridized carbons (Fsp3) is 0.304. The normalized spacial score (nSPS) is 12.2. The molecule has 0 aliphatic heterocycles. The largest absolute Gasteiger partial charge is 0.251 e. The van der Waals surface area contributed by atoms with Crippen LogP contribution in [0.15, 0.2) is 82.8 Å². The van der Waals surface area contributed by atoms with Gasteiger partial charge in [0.05, 0.1) is 22.8 Å². The summed E-state index contributed by atoms with van der Waals surface area (Å²) in [6.45, 7) is 4.26. The second kappa shape index (κ2) is 13.2. The third-order valence-corrected chi connectivity index (χ3v) is 3.91. The number of allylic oxidation sites excluding steroid dienone is 2. The zero-order chi connectivity index (χ0) is 17.7. The summed E-state index contributed by atoms with van der Waals surface area (Å²) >= 11 is 0.